The molecular formula is C13H20N2O3S. The lowest BCUT2D eigenvalue weighted by atomic mass is 9.97. The number of hydrogen-bond donors (Lipinski definition) is 2. The summed E-state index contributed by atoms with van der Waals surface area (Å²) in [6.07, 6.45) is 2.26. The van der Waals surface area contributed by atoms with Gasteiger partial charge in [0.2, 0.25) is 10.0 Å². The summed E-state index contributed by atoms with van der Waals surface area (Å²) in [6, 6.07) is 8.16. The molecule has 19 heavy (non-hydrogen) atoms. The van der Waals surface area contributed by atoms with Gasteiger partial charge in [0.05, 0.1) is 12.4 Å². The fourth-order valence-corrected chi connectivity index (χ4v) is 3.27. The first kappa shape index (κ1) is 14.3. The van der Waals surface area contributed by atoms with Crippen molar-refractivity contribution in [2.45, 2.75) is 30.6 Å². The molecule has 1 aromatic rings. The molecule has 0 saturated carbocycles. The van der Waals surface area contributed by atoms with Crippen molar-refractivity contribution in [3.8, 4) is 5.75 Å². The van der Waals surface area contributed by atoms with Gasteiger partial charge in [-0.1, -0.05) is 18.2 Å². The Bertz CT molecular complexity index is 522. The van der Waals surface area contributed by atoms with Crippen LogP contribution >= 0.6 is 0 Å². The molecule has 1 saturated heterocycles. The average molecular weight is 284 g/mol. The molecule has 2 atom stereocenters. The molecule has 0 bridgehead atoms. The van der Waals surface area contributed by atoms with Crippen molar-refractivity contribution in [1.82, 2.24) is 5.32 Å². The zero-order valence-electron chi connectivity index (χ0n) is 11.0. The highest BCUT2D eigenvalue weighted by molar-refractivity contribution is 7.89. The first-order valence-electron chi connectivity index (χ1n) is 6.37. The molecule has 0 spiro atoms. The first-order valence-corrected chi connectivity index (χ1v) is 7.98. The van der Waals surface area contributed by atoms with E-state index in [2.05, 4.69) is 5.32 Å². The molecule has 1 fully saturated rings. The summed E-state index contributed by atoms with van der Waals surface area (Å²) >= 11 is 0. The number of benzene rings is 1. The van der Waals surface area contributed by atoms with E-state index in [0.29, 0.717) is 13.0 Å². The van der Waals surface area contributed by atoms with Gasteiger partial charge in [0.1, 0.15) is 5.75 Å². The molecule has 5 nitrogen and oxygen atoms in total. The lowest BCUT2D eigenvalue weighted by Gasteiger charge is -2.29. The fourth-order valence-electron chi connectivity index (χ4n) is 2.48. The van der Waals surface area contributed by atoms with Crippen LogP contribution in [0.4, 0.5) is 0 Å². The fraction of sp³-hybridized carbons (Fsp3) is 0.538. The predicted octanol–water partition coefficient (Wildman–Crippen LogP) is 0.647. The number of rotatable bonds is 4. The van der Waals surface area contributed by atoms with E-state index in [1.165, 1.54) is 0 Å². The second-order valence-corrected chi connectivity index (χ2v) is 6.75. The topological polar surface area (TPSA) is 81.4 Å². The van der Waals surface area contributed by atoms with Crippen LogP contribution in [0.1, 0.15) is 18.4 Å². The number of ether oxygens (including phenoxy) is 1. The highest BCUT2D eigenvalue weighted by Crippen LogP contribution is 2.22. The van der Waals surface area contributed by atoms with E-state index in [9.17, 15) is 8.42 Å². The van der Waals surface area contributed by atoms with Crippen molar-refractivity contribution in [2.75, 3.05) is 13.7 Å². The molecule has 3 N–H and O–H groups in total. The average Bonchev–Trinajstić information content (AvgIpc) is 2.39. The van der Waals surface area contributed by atoms with E-state index in [1.54, 1.807) is 7.11 Å². The van der Waals surface area contributed by atoms with Gasteiger partial charge in [0.25, 0.3) is 0 Å². The molecule has 1 aromatic carbocycles. The predicted molar refractivity (Wildman–Crippen MR) is 74.6 cm³/mol. The van der Waals surface area contributed by atoms with E-state index in [1.807, 2.05) is 24.3 Å². The van der Waals surface area contributed by atoms with Crippen LogP contribution in [0.15, 0.2) is 24.3 Å². The van der Waals surface area contributed by atoms with E-state index in [-0.39, 0.29) is 6.04 Å². The van der Waals surface area contributed by atoms with Crippen LogP contribution in [-0.2, 0) is 16.4 Å². The standard InChI is InChI=1S/C13H20N2O3S/c1-18-13-5-3-2-4-10(13)8-11-6-7-12(9-15-11)19(14,16)17/h2-5,11-12,15H,6-9H2,1H3,(H2,14,16,17). The third-order valence-electron chi connectivity index (χ3n) is 3.59. The van der Waals surface area contributed by atoms with Crippen molar-refractivity contribution in [1.29, 1.82) is 0 Å². The maximum atomic E-state index is 11.3. The van der Waals surface area contributed by atoms with Gasteiger partial charge >= 0.3 is 0 Å². The monoisotopic (exact) mass is 284 g/mol. The van der Waals surface area contributed by atoms with Crippen molar-refractivity contribution < 1.29 is 13.2 Å². The Morgan fingerprint density at radius 2 is 2.11 bits per heavy atom. The third-order valence-corrected chi connectivity index (χ3v) is 4.93. The maximum Gasteiger partial charge on any atom is 0.213 e. The number of sulfonamides is 1. The van der Waals surface area contributed by atoms with Crippen molar-refractivity contribution in [2.24, 2.45) is 5.14 Å². The number of primary sulfonamides is 1. The van der Waals surface area contributed by atoms with Gasteiger partial charge in [-0.3, -0.25) is 0 Å². The van der Waals surface area contributed by atoms with Crippen LogP contribution in [0.3, 0.4) is 0 Å². The molecular weight excluding hydrogens is 264 g/mol. The lowest BCUT2D eigenvalue weighted by Crippen LogP contribution is -2.47. The van der Waals surface area contributed by atoms with E-state index in [4.69, 9.17) is 9.88 Å². The SMILES string of the molecule is COc1ccccc1CC1CCC(S(N)(=O)=O)CN1. The summed E-state index contributed by atoms with van der Waals surface area (Å²) in [5.41, 5.74) is 1.14. The second kappa shape index (κ2) is 5.90. The second-order valence-electron chi connectivity index (χ2n) is 4.91. The third kappa shape index (κ3) is 3.68. The lowest BCUT2D eigenvalue weighted by molar-refractivity contribution is 0.380. The summed E-state index contributed by atoms with van der Waals surface area (Å²) in [5.74, 6) is 0.873. The van der Waals surface area contributed by atoms with E-state index >= 15 is 0 Å². The quantitative estimate of drug-likeness (QED) is 0.850. The van der Waals surface area contributed by atoms with Crippen LogP contribution in [0, 0.1) is 0 Å². The zero-order valence-corrected chi connectivity index (χ0v) is 11.8. The van der Waals surface area contributed by atoms with Crippen LogP contribution in [0.5, 0.6) is 5.75 Å². The van der Waals surface area contributed by atoms with Gasteiger partial charge in [-0.2, -0.15) is 0 Å². The summed E-state index contributed by atoms with van der Waals surface area (Å²) in [6.45, 7) is 0.429. The minimum atomic E-state index is -3.42. The molecule has 0 aliphatic carbocycles. The first-order chi connectivity index (χ1) is 9.00. The van der Waals surface area contributed by atoms with Gasteiger partial charge in [-0.05, 0) is 30.9 Å². The number of piperidine rings is 1. The Morgan fingerprint density at radius 3 is 2.68 bits per heavy atom. The van der Waals surface area contributed by atoms with Gasteiger partial charge < -0.3 is 10.1 Å². The molecule has 0 radical (unpaired) electrons. The summed E-state index contributed by atoms with van der Waals surface area (Å²) < 4.78 is 27.9. The molecule has 1 aliphatic heterocycles. The van der Waals surface area contributed by atoms with Crippen LogP contribution in [-0.4, -0.2) is 33.4 Å². The minimum absolute atomic E-state index is 0.272. The molecule has 1 heterocycles. The highest BCUT2D eigenvalue weighted by Gasteiger charge is 2.28. The molecule has 1 aliphatic rings. The molecule has 0 aromatic heterocycles. The van der Waals surface area contributed by atoms with Crippen molar-refractivity contribution in [3.63, 3.8) is 0 Å². The number of nitrogens with one attached hydrogen (secondary N) is 1. The summed E-state index contributed by atoms with van der Waals surface area (Å²) in [4.78, 5) is 0. The minimum Gasteiger partial charge on any atom is -0.496 e. The highest BCUT2D eigenvalue weighted by atomic mass is 32.2. The Balaban J connectivity index is 1.96. The molecule has 0 amide bonds. The van der Waals surface area contributed by atoms with Crippen molar-refractivity contribution >= 4 is 10.0 Å². The Labute approximate surface area is 114 Å². The smallest absolute Gasteiger partial charge is 0.213 e. The zero-order chi connectivity index (χ0) is 13.9. The molecule has 2 unspecified atom stereocenters. The van der Waals surface area contributed by atoms with Gasteiger partial charge in [0, 0.05) is 12.6 Å². The summed E-state index contributed by atoms with van der Waals surface area (Å²) in [5, 5.41) is 7.97. The van der Waals surface area contributed by atoms with E-state index in [0.717, 1.165) is 24.2 Å². The maximum absolute atomic E-state index is 11.3. The molecule has 2 rings (SSSR count). The Hall–Kier alpha value is -1.11. The normalized spacial score (nSPS) is 24.1. The van der Waals surface area contributed by atoms with E-state index < -0.39 is 15.3 Å². The molecule has 6 heteroatoms. The van der Waals surface area contributed by atoms with Crippen molar-refractivity contribution in [3.05, 3.63) is 29.8 Å². The van der Waals surface area contributed by atoms with Gasteiger partial charge in [-0.25, -0.2) is 13.6 Å². The number of hydrogen-bond acceptors (Lipinski definition) is 4. The number of methoxy groups -OCH3 is 1. The van der Waals surface area contributed by atoms with Crippen LogP contribution in [0.2, 0.25) is 0 Å². The number of nitrogens with two attached hydrogens (primary N) is 1. The van der Waals surface area contributed by atoms with Gasteiger partial charge in [0.15, 0.2) is 0 Å². The van der Waals surface area contributed by atoms with Gasteiger partial charge in [-0.15, -0.1) is 0 Å². The van der Waals surface area contributed by atoms with Crippen LogP contribution in [0.25, 0.3) is 0 Å². The molecule has 106 valence electrons. The number of para-hydroxylation sites is 1. The largest absolute Gasteiger partial charge is 0.496 e. The summed E-state index contributed by atoms with van der Waals surface area (Å²) in [7, 11) is -1.77. The Kier molecular flexibility index (Phi) is 4.44. The van der Waals surface area contributed by atoms with Crippen LogP contribution < -0.4 is 15.2 Å². The Morgan fingerprint density at radius 1 is 1.37 bits per heavy atom.